The van der Waals surface area contributed by atoms with Gasteiger partial charge >= 0.3 is 5.97 Å². The Hall–Kier alpha value is -2.01. The SMILES string of the molecule is CCCC(=O)C(C=Nc1ccccc1C(C)O)C(=O)OCC. The van der Waals surface area contributed by atoms with Crippen molar-refractivity contribution in [2.24, 2.45) is 10.9 Å². The molecule has 0 aliphatic rings. The smallest absolute Gasteiger partial charge is 0.321 e. The lowest BCUT2D eigenvalue weighted by Crippen LogP contribution is -2.27. The van der Waals surface area contributed by atoms with Crippen LogP contribution in [0.15, 0.2) is 29.3 Å². The molecule has 0 saturated carbocycles. The van der Waals surface area contributed by atoms with Gasteiger partial charge in [-0.15, -0.1) is 0 Å². The summed E-state index contributed by atoms with van der Waals surface area (Å²) in [5, 5.41) is 9.72. The molecular formula is C17H23NO4. The molecule has 1 aromatic carbocycles. The molecule has 1 rings (SSSR count). The highest BCUT2D eigenvalue weighted by atomic mass is 16.5. The van der Waals surface area contributed by atoms with Crippen molar-refractivity contribution in [3.8, 4) is 0 Å². The highest BCUT2D eigenvalue weighted by molar-refractivity contribution is 6.12. The van der Waals surface area contributed by atoms with E-state index in [0.29, 0.717) is 24.1 Å². The summed E-state index contributed by atoms with van der Waals surface area (Å²) in [6.45, 7) is 5.42. The number of para-hydroxylation sites is 1. The summed E-state index contributed by atoms with van der Waals surface area (Å²) in [7, 11) is 0. The van der Waals surface area contributed by atoms with E-state index in [9.17, 15) is 14.7 Å². The number of hydrogen-bond donors (Lipinski definition) is 1. The van der Waals surface area contributed by atoms with E-state index in [1.54, 1.807) is 38.1 Å². The van der Waals surface area contributed by atoms with Crippen LogP contribution in [0.25, 0.3) is 0 Å². The van der Waals surface area contributed by atoms with Crippen molar-refractivity contribution >= 4 is 23.7 Å². The third-order valence-corrected chi connectivity index (χ3v) is 3.13. The topological polar surface area (TPSA) is 76.0 Å². The first kappa shape index (κ1) is 18.0. The fourth-order valence-corrected chi connectivity index (χ4v) is 2.02. The number of ketones is 1. The first-order valence-electron chi connectivity index (χ1n) is 7.51. The second kappa shape index (κ2) is 9.10. The molecule has 5 heteroatoms. The zero-order chi connectivity index (χ0) is 16.5. The van der Waals surface area contributed by atoms with Gasteiger partial charge in [-0.05, 0) is 26.3 Å². The minimum absolute atomic E-state index is 0.209. The number of carbonyl (C=O) groups is 2. The maximum atomic E-state index is 12.1. The molecule has 1 aromatic rings. The molecule has 0 aliphatic carbocycles. The van der Waals surface area contributed by atoms with Crippen molar-refractivity contribution in [3.05, 3.63) is 29.8 Å². The molecule has 0 spiro atoms. The van der Waals surface area contributed by atoms with E-state index in [2.05, 4.69) is 4.99 Å². The number of aliphatic hydroxyl groups is 1. The molecular weight excluding hydrogens is 282 g/mol. The Morgan fingerprint density at radius 3 is 2.59 bits per heavy atom. The van der Waals surface area contributed by atoms with Crippen molar-refractivity contribution in [2.75, 3.05) is 6.61 Å². The largest absolute Gasteiger partial charge is 0.465 e. The quantitative estimate of drug-likeness (QED) is 0.455. The standard InChI is InChI=1S/C17H23NO4/c1-4-8-16(20)14(17(21)22-5-2)11-18-15-10-7-6-9-13(15)12(3)19/h6-7,9-12,14,19H,4-5,8H2,1-3H3. The van der Waals surface area contributed by atoms with Crippen LogP contribution in [0.2, 0.25) is 0 Å². The van der Waals surface area contributed by atoms with Gasteiger partial charge in [0, 0.05) is 18.2 Å². The third kappa shape index (κ3) is 5.07. The van der Waals surface area contributed by atoms with Crippen molar-refractivity contribution in [1.82, 2.24) is 0 Å². The second-order valence-electron chi connectivity index (χ2n) is 4.96. The van der Waals surface area contributed by atoms with E-state index in [4.69, 9.17) is 4.74 Å². The van der Waals surface area contributed by atoms with E-state index in [0.717, 1.165) is 0 Å². The number of aliphatic hydroxyl groups excluding tert-OH is 1. The average molecular weight is 305 g/mol. The number of esters is 1. The summed E-state index contributed by atoms with van der Waals surface area (Å²) in [4.78, 5) is 28.2. The molecule has 0 saturated heterocycles. The normalized spacial score (nSPS) is 13.8. The van der Waals surface area contributed by atoms with Crippen molar-refractivity contribution in [1.29, 1.82) is 0 Å². The van der Waals surface area contributed by atoms with Crippen LogP contribution < -0.4 is 0 Å². The molecule has 5 nitrogen and oxygen atoms in total. The van der Waals surface area contributed by atoms with Crippen LogP contribution in [0.4, 0.5) is 5.69 Å². The minimum Gasteiger partial charge on any atom is -0.465 e. The summed E-state index contributed by atoms with van der Waals surface area (Å²) in [6, 6.07) is 7.06. The Labute approximate surface area is 131 Å². The fraction of sp³-hybridized carbons (Fsp3) is 0.471. The van der Waals surface area contributed by atoms with Gasteiger partial charge in [-0.3, -0.25) is 14.6 Å². The van der Waals surface area contributed by atoms with Crippen LogP contribution in [0.3, 0.4) is 0 Å². The summed E-state index contributed by atoms with van der Waals surface area (Å²) in [6.07, 6.45) is 1.60. The maximum Gasteiger partial charge on any atom is 0.321 e. The number of Topliss-reactive ketones (excluding diaryl/α,β-unsaturated/α-hetero) is 1. The predicted octanol–water partition coefficient (Wildman–Crippen LogP) is 2.99. The van der Waals surface area contributed by atoms with Gasteiger partial charge < -0.3 is 9.84 Å². The molecule has 0 radical (unpaired) electrons. The average Bonchev–Trinajstić information content (AvgIpc) is 2.48. The Kier molecular flexibility index (Phi) is 7.46. The second-order valence-corrected chi connectivity index (χ2v) is 4.96. The van der Waals surface area contributed by atoms with Crippen LogP contribution in [-0.4, -0.2) is 29.7 Å². The summed E-state index contributed by atoms with van der Waals surface area (Å²) < 4.78 is 4.94. The van der Waals surface area contributed by atoms with Gasteiger partial charge in [0.05, 0.1) is 18.4 Å². The number of ether oxygens (including phenoxy) is 1. The predicted molar refractivity (Wildman–Crippen MR) is 85.3 cm³/mol. The Bertz CT molecular complexity index is 519. The Morgan fingerprint density at radius 1 is 1.32 bits per heavy atom. The minimum atomic E-state index is -0.998. The third-order valence-electron chi connectivity index (χ3n) is 3.13. The van der Waals surface area contributed by atoms with Gasteiger partial charge in [0.25, 0.3) is 0 Å². The van der Waals surface area contributed by atoms with Crippen molar-refractivity contribution in [3.63, 3.8) is 0 Å². The van der Waals surface area contributed by atoms with Gasteiger partial charge in [-0.1, -0.05) is 25.1 Å². The molecule has 2 unspecified atom stereocenters. The lowest BCUT2D eigenvalue weighted by molar-refractivity contribution is -0.148. The first-order chi connectivity index (χ1) is 10.5. The molecule has 22 heavy (non-hydrogen) atoms. The van der Waals surface area contributed by atoms with Gasteiger partial charge in [0.2, 0.25) is 0 Å². The highest BCUT2D eigenvalue weighted by Gasteiger charge is 2.25. The highest BCUT2D eigenvalue weighted by Crippen LogP contribution is 2.25. The number of benzene rings is 1. The van der Waals surface area contributed by atoms with Crippen LogP contribution in [0.5, 0.6) is 0 Å². The van der Waals surface area contributed by atoms with Crippen LogP contribution in [0, 0.1) is 5.92 Å². The lowest BCUT2D eigenvalue weighted by Gasteiger charge is -2.11. The van der Waals surface area contributed by atoms with Gasteiger partial charge in [-0.25, -0.2) is 0 Å². The fourth-order valence-electron chi connectivity index (χ4n) is 2.02. The number of rotatable bonds is 8. The molecule has 0 aliphatic heterocycles. The van der Waals surface area contributed by atoms with E-state index < -0.39 is 18.0 Å². The van der Waals surface area contributed by atoms with Crippen molar-refractivity contribution in [2.45, 2.75) is 39.7 Å². The van der Waals surface area contributed by atoms with E-state index in [1.165, 1.54) is 6.21 Å². The summed E-state index contributed by atoms with van der Waals surface area (Å²) in [5.74, 6) is -1.79. The van der Waals surface area contributed by atoms with E-state index >= 15 is 0 Å². The van der Waals surface area contributed by atoms with Crippen LogP contribution in [-0.2, 0) is 14.3 Å². The molecule has 0 amide bonds. The molecule has 0 bridgehead atoms. The summed E-state index contributed by atoms with van der Waals surface area (Å²) in [5.41, 5.74) is 1.18. The maximum absolute atomic E-state index is 12.1. The van der Waals surface area contributed by atoms with Gasteiger partial charge in [0.1, 0.15) is 0 Å². The lowest BCUT2D eigenvalue weighted by atomic mass is 10.0. The van der Waals surface area contributed by atoms with Gasteiger partial charge in [0.15, 0.2) is 11.7 Å². The Balaban J connectivity index is 3.03. The number of nitrogens with zero attached hydrogens (tertiary/aromatic N) is 1. The first-order valence-corrected chi connectivity index (χ1v) is 7.51. The molecule has 120 valence electrons. The zero-order valence-electron chi connectivity index (χ0n) is 13.3. The number of carbonyl (C=O) groups excluding carboxylic acids is 2. The summed E-state index contributed by atoms with van der Waals surface area (Å²) >= 11 is 0. The molecule has 0 fully saturated rings. The number of aliphatic imine (C=N–C) groups is 1. The van der Waals surface area contributed by atoms with E-state index in [1.807, 2.05) is 6.92 Å². The van der Waals surface area contributed by atoms with E-state index in [-0.39, 0.29) is 12.4 Å². The molecule has 1 N–H and O–H groups in total. The Morgan fingerprint density at radius 2 is 2.00 bits per heavy atom. The molecule has 2 atom stereocenters. The molecule has 0 aromatic heterocycles. The van der Waals surface area contributed by atoms with Crippen LogP contribution in [0.1, 0.15) is 45.3 Å². The monoisotopic (exact) mass is 305 g/mol. The zero-order valence-corrected chi connectivity index (χ0v) is 13.3. The van der Waals surface area contributed by atoms with Crippen LogP contribution >= 0.6 is 0 Å². The molecule has 0 heterocycles. The van der Waals surface area contributed by atoms with Crippen molar-refractivity contribution < 1.29 is 19.4 Å². The van der Waals surface area contributed by atoms with Gasteiger partial charge in [-0.2, -0.15) is 0 Å². The number of hydrogen-bond acceptors (Lipinski definition) is 5.